The highest BCUT2D eigenvalue weighted by atomic mass is 16.5. The van der Waals surface area contributed by atoms with E-state index < -0.39 is 11.9 Å². The van der Waals surface area contributed by atoms with Gasteiger partial charge in [0.05, 0.1) is 30.5 Å². The molecule has 0 fully saturated rings. The van der Waals surface area contributed by atoms with Gasteiger partial charge >= 0.3 is 11.9 Å². The highest BCUT2D eigenvalue weighted by Gasteiger charge is 2.16. The molecule has 0 aliphatic heterocycles. The highest BCUT2D eigenvalue weighted by Crippen LogP contribution is 2.19. The maximum Gasteiger partial charge on any atom is 0.340 e. The lowest BCUT2D eigenvalue weighted by Crippen LogP contribution is -2.16. The number of rotatable bonds is 8. The molecule has 164 valence electrons. The molecule has 3 aromatic rings. The molecule has 0 heterocycles. The minimum Gasteiger partial charge on any atom is -0.497 e. The van der Waals surface area contributed by atoms with Gasteiger partial charge in [-0.25, -0.2) is 9.59 Å². The summed E-state index contributed by atoms with van der Waals surface area (Å²) in [6.07, 6.45) is 0. The standard InChI is InChI=1S/C25H23NO6/c1-3-31-24(28)19-10-8-17(9-11-19)16-32-25(29)21-6-4-5-7-22(21)26-23(27)18-12-14-20(30-2)15-13-18/h4-15H,3,16H2,1-2H3,(H,26,27). The molecular formula is C25H23NO6. The van der Waals surface area contributed by atoms with Crippen LogP contribution >= 0.6 is 0 Å². The molecule has 3 aromatic carbocycles. The summed E-state index contributed by atoms with van der Waals surface area (Å²) in [6, 6.07) is 19.9. The topological polar surface area (TPSA) is 90.9 Å². The minimum absolute atomic E-state index is 0.0166. The van der Waals surface area contributed by atoms with Crippen molar-refractivity contribution >= 4 is 23.5 Å². The van der Waals surface area contributed by atoms with Crippen LogP contribution in [0, 0.1) is 0 Å². The van der Waals surface area contributed by atoms with Gasteiger partial charge in [0.2, 0.25) is 0 Å². The van der Waals surface area contributed by atoms with Crippen LogP contribution < -0.4 is 10.1 Å². The third-order valence-corrected chi connectivity index (χ3v) is 4.58. The third-order valence-electron chi connectivity index (χ3n) is 4.58. The van der Waals surface area contributed by atoms with E-state index in [4.69, 9.17) is 14.2 Å². The summed E-state index contributed by atoms with van der Waals surface area (Å²) in [5, 5.41) is 2.74. The third kappa shape index (κ3) is 5.72. The molecule has 1 amide bonds. The quantitative estimate of drug-likeness (QED) is 0.527. The normalized spacial score (nSPS) is 10.2. The number of ether oxygens (including phenoxy) is 3. The molecule has 0 atom stereocenters. The fourth-order valence-corrected chi connectivity index (χ4v) is 2.89. The van der Waals surface area contributed by atoms with Crippen molar-refractivity contribution in [1.29, 1.82) is 0 Å². The van der Waals surface area contributed by atoms with Crippen molar-refractivity contribution in [2.45, 2.75) is 13.5 Å². The zero-order chi connectivity index (χ0) is 22.9. The van der Waals surface area contributed by atoms with Gasteiger partial charge in [-0.15, -0.1) is 0 Å². The van der Waals surface area contributed by atoms with Crippen LogP contribution in [0.2, 0.25) is 0 Å². The van der Waals surface area contributed by atoms with Crippen molar-refractivity contribution in [1.82, 2.24) is 0 Å². The predicted octanol–water partition coefficient (Wildman–Crippen LogP) is 4.48. The maximum absolute atomic E-state index is 12.6. The number of para-hydroxylation sites is 1. The number of carbonyl (C=O) groups excluding carboxylic acids is 3. The molecule has 0 aromatic heterocycles. The van der Waals surface area contributed by atoms with Crippen LogP contribution in [-0.4, -0.2) is 31.6 Å². The molecule has 3 rings (SSSR count). The fourth-order valence-electron chi connectivity index (χ4n) is 2.89. The van der Waals surface area contributed by atoms with Crippen molar-refractivity contribution in [2.75, 3.05) is 19.0 Å². The number of benzene rings is 3. The molecule has 0 bridgehead atoms. The van der Waals surface area contributed by atoms with Crippen LogP contribution in [0.25, 0.3) is 0 Å². The number of anilines is 1. The first-order chi connectivity index (χ1) is 15.5. The predicted molar refractivity (Wildman–Crippen MR) is 119 cm³/mol. The van der Waals surface area contributed by atoms with E-state index in [0.29, 0.717) is 34.7 Å². The first kappa shape index (κ1) is 22.6. The average molecular weight is 433 g/mol. The van der Waals surface area contributed by atoms with Crippen LogP contribution in [-0.2, 0) is 16.1 Å². The van der Waals surface area contributed by atoms with Crippen LogP contribution in [0.15, 0.2) is 72.8 Å². The molecule has 7 nitrogen and oxygen atoms in total. The zero-order valence-corrected chi connectivity index (χ0v) is 17.8. The molecule has 1 N–H and O–H groups in total. The lowest BCUT2D eigenvalue weighted by molar-refractivity contribution is 0.0470. The van der Waals surface area contributed by atoms with Gasteiger partial charge in [0.1, 0.15) is 12.4 Å². The Kier molecular flexibility index (Phi) is 7.59. The van der Waals surface area contributed by atoms with Gasteiger partial charge < -0.3 is 19.5 Å². The van der Waals surface area contributed by atoms with Crippen LogP contribution in [0.4, 0.5) is 5.69 Å². The Bertz CT molecular complexity index is 1090. The highest BCUT2D eigenvalue weighted by molar-refractivity contribution is 6.08. The van der Waals surface area contributed by atoms with Gasteiger partial charge in [0, 0.05) is 5.56 Å². The summed E-state index contributed by atoms with van der Waals surface area (Å²) in [7, 11) is 1.55. The Labute approximate surface area is 185 Å². The van der Waals surface area contributed by atoms with Gasteiger partial charge in [-0.3, -0.25) is 4.79 Å². The second kappa shape index (κ2) is 10.8. The first-order valence-corrected chi connectivity index (χ1v) is 9.99. The average Bonchev–Trinajstić information content (AvgIpc) is 2.83. The van der Waals surface area contributed by atoms with E-state index in [0.717, 1.165) is 0 Å². The second-order valence-corrected chi connectivity index (χ2v) is 6.72. The van der Waals surface area contributed by atoms with Crippen molar-refractivity contribution in [3.8, 4) is 5.75 Å². The van der Waals surface area contributed by atoms with Crippen LogP contribution in [0.1, 0.15) is 43.6 Å². The smallest absolute Gasteiger partial charge is 0.340 e. The van der Waals surface area contributed by atoms with Crippen LogP contribution in [0.3, 0.4) is 0 Å². The molecular weight excluding hydrogens is 410 g/mol. The molecule has 0 aliphatic rings. The number of methoxy groups -OCH3 is 1. The summed E-state index contributed by atoms with van der Waals surface area (Å²) >= 11 is 0. The summed E-state index contributed by atoms with van der Waals surface area (Å²) in [4.78, 5) is 36.9. The van der Waals surface area contributed by atoms with E-state index in [1.807, 2.05) is 0 Å². The number of carbonyl (C=O) groups is 3. The van der Waals surface area contributed by atoms with Crippen molar-refractivity contribution < 1.29 is 28.6 Å². The first-order valence-electron chi connectivity index (χ1n) is 9.99. The van der Waals surface area contributed by atoms with Gasteiger partial charge in [0.15, 0.2) is 0 Å². The summed E-state index contributed by atoms with van der Waals surface area (Å²) in [6.45, 7) is 2.05. The fraction of sp³-hybridized carbons (Fsp3) is 0.160. The van der Waals surface area contributed by atoms with Gasteiger partial charge in [-0.2, -0.15) is 0 Å². The molecule has 0 aliphatic carbocycles. The zero-order valence-electron chi connectivity index (χ0n) is 17.8. The minimum atomic E-state index is -0.579. The Balaban J connectivity index is 1.64. The number of esters is 2. The summed E-state index contributed by atoms with van der Waals surface area (Å²) in [5.74, 6) is -0.703. The molecule has 0 spiro atoms. The Hall–Kier alpha value is -4.13. The largest absolute Gasteiger partial charge is 0.497 e. The maximum atomic E-state index is 12.6. The monoisotopic (exact) mass is 433 g/mol. The van der Waals surface area contributed by atoms with E-state index in [1.54, 1.807) is 86.8 Å². The molecule has 0 radical (unpaired) electrons. The number of hydrogen-bond acceptors (Lipinski definition) is 6. The number of amides is 1. The number of nitrogens with one attached hydrogen (secondary N) is 1. The summed E-state index contributed by atoms with van der Waals surface area (Å²) < 4.78 is 15.4. The van der Waals surface area contributed by atoms with Gasteiger partial charge in [-0.05, 0) is 61.0 Å². The molecule has 0 unspecified atom stereocenters. The lowest BCUT2D eigenvalue weighted by Gasteiger charge is -2.11. The van der Waals surface area contributed by atoms with E-state index in [-0.39, 0.29) is 18.1 Å². The van der Waals surface area contributed by atoms with Gasteiger partial charge in [0.25, 0.3) is 5.91 Å². The Morgan fingerprint density at radius 3 is 2.09 bits per heavy atom. The van der Waals surface area contributed by atoms with Crippen molar-refractivity contribution in [3.63, 3.8) is 0 Å². The molecule has 0 saturated heterocycles. The lowest BCUT2D eigenvalue weighted by atomic mass is 10.1. The van der Waals surface area contributed by atoms with Crippen LogP contribution in [0.5, 0.6) is 5.75 Å². The molecule has 32 heavy (non-hydrogen) atoms. The Morgan fingerprint density at radius 2 is 1.44 bits per heavy atom. The Morgan fingerprint density at radius 1 is 0.781 bits per heavy atom. The van der Waals surface area contributed by atoms with E-state index in [1.165, 1.54) is 0 Å². The van der Waals surface area contributed by atoms with E-state index in [2.05, 4.69) is 5.32 Å². The van der Waals surface area contributed by atoms with E-state index >= 15 is 0 Å². The van der Waals surface area contributed by atoms with Crippen molar-refractivity contribution in [3.05, 3.63) is 95.1 Å². The summed E-state index contributed by atoms with van der Waals surface area (Å²) in [5.41, 5.74) is 2.14. The van der Waals surface area contributed by atoms with E-state index in [9.17, 15) is 14.4 Å². The second-order valence-electron chi connectivity index (χ2n) is 6.72. The SMILES string of the molecule is CCOC(=O)c1ccc(COC(=O)c2ccccc2NC(=O)c2ccc(OC)cc2)cc1. The number of hydrogen-bond donors (Lipinski definition) is 1. The van der Waals surface area contributed by atoms with Gasteiger partial charge in [-0.1, -0.05) is 24.3 Å². The van der Waals surface area contributed by atoms with Crippen molar-refractivity contribution in [2.24, 2.45) is 0 Å². The molecule has 7 heteroatoms. The molecule has 0 saturated carbocycles.